The Bertz CT molecular complexity index is 135. The number of hydrogen-bond acceptors (Lipinski definition) is 2. The molecule has 1 saturated carbocycles. The lowest BCUT2D eigenvalue weighted by Crippen LogP contribution is -2.27. The molecule has 0 radical (unpaired) electrons. The van der Waals surface area contributed by atoms with Crippen molar-refractivity contribution in [2.45, 2.75) is 39.0 Å². The predicted molar refractivity (Wildman–Crippen MR) is 62.3 cm³/mol. The highest BCUT2D eigenvalue weighted by Crippen LogP contribution is 2.29. The maximum atomic E-state index is 5.59. The molecule has 1 fully saturated rings. The van der Waals surface area contributed by atoms with Crippen LogP contribution < -0.4 is 5.73 Å². The van der Waals surface area contributed by atoms with Crippen LogP contribution in [0.1, 0.15) is 39.0 Å². The molecule has 0 saturated heterocycles. The van der Waals surface area contributed by atoms with Crippen LogP contribution in [-0.4, -0.2) is 31.6 Å². The van der Waals surface area contributed by atoms with Crippen LogP contribution in [0.3, 0.4) is 0 Å². The summed E-state index contributed by atoms with van der Waals surface area (Å²) in [6.07, 6.45) is 7.09. The van der Waals surface area contributed by atoms with Crippen molar-refractivity contribution >= 4 is 0 Å². The average Bonchev–Trinajstić information content (AvgIpc) is 2.11. The molecule has 0 bridgehead atoms. The molecule has 0 amide bonds. The van der Waals surface area contributed by atoms with Crippen LogP contribution in [0.2, 0.25) is 0 Å². The highest BCUT2D eigenvalue weighted by molar-refractivity contribution is 4.70. The highest BCUT2D eigenvalue weighted by Gasteiger charge is 2.17. The Morgan fingerprint density at radius 3 is 2.57 bits per heavy atom. The van der Waals surface area contributed by atoms with Gasteiger partial charge < -0.3 is 10.6 Å². The average molecular weight is 198 g/mol. The zero-order valence-corrected chi connectivity index (χ0v) is 9.84. The summed E-state index contributed by atoms with van der Waals surface area (Å²) in [5, 5.41) is 0. The van der Waals surface area contributed by atoms with Crippen LogP contribution in [0.25, 0.3) is 0 Å². The fraction of sp³-hybridized carbons (Fsp3) is 1.00. The van der Waals surface area contributed by atoms with Crippen LogP contribution in [0.5, 0.6) is 0 Å². The molecular weight excluding hydrogens is 172 g/mol. The minimum Gasteiger partial charge on any atom is -0.330 e. The summed E-state index contributed by atoms with van der Waals surface area (Å²) < 4.78 is 0. The van der Waals surface area contributed by atoms with Gasteiger partial charge in [0.25, 0.3) is 0 Å². The SMILES string of the molecule is CC(CN)CCN(C)CCC1CCC1. The van der Waals surface area contributed by atoms with Crippen molar-refractivity contribution < 1.29 is 0 Å². The molecule has 0 aromatic carbocycles. The third kappa shape index (κ3) is 4.43. The molecule has 2 nitrogen and oxygen atoms in total. The van der Waals surface area contributed by atoms with E-state index >= 15 is 0 Å². The molecule has 2 N–H and O–H groups in total. The van der Waals surface area contributed by atoms with E-state index in [0.717, 1.165) is 12.5 Å². The van der Waals surface area contributed by atoms with Gasteiger partial charge in [0.2, 0.25) is 0 Å². The van der Waals surface area contributed by atoms with E-state index in [0.29, 0.717) is 5.92 Å². The Kier molecular flexibility index (Phi) is 5.49. The number of nitrogens with zero attached hydrogens (tertiary/aromatic N) is 1. The summed E-state index contributed by atoms with van der Waals surface area (Å²) in [6.45, 7) is 5.56. The Labute approximate surface area is 88.8 Å². The smallest absolute Gasteiger partial charge is 0.00188 e. The Morgan fingerprint density at radius 1 is 1.36 bits per heavy atom. The fourth-order valence-corrected chi connectivity index (χ4v) is 1.85. The number of nitrogens with two attached hydrogens (primary N) is 1. The molecule has 0 aromatic rings. The van der Waals surface area contributed by atoms with Crippen molar-refractivity contribution in [1.82, 2.24) is 4.90 Å². The molecule has 2 heteroatoms. The molecule has 14 heavy (non-hydrogen) atoms. The third-order valence-corrected chi connectivity index (χ3v) is 3.55. The topological polar surface area (TPSA) is 29.3 Å². The quantitative estimate of drug-likeness (QED) is 0.679. The van der Waals surface area contributed by atoms with Gasteiger partial charge in [0.1, 0.15) is 0 Å². The Balaban J connectivity index is 1.94. The summed E-state index contributed by atoms with van der Waals surface area (Å²) in [5.41, 5.74) is 5.59. The first-order valence-electron chi connectivity index (χ1n) is 6.11. The van der Waals surface area contributed by atoms with Crippen molar-refractivity contribution in [2.24, 2.45) is 17.6 Å². The van der Waals surface area contributed by atoms with Crippen LogP contribution in [0.4, 0.5) is 0 Å². The van der Waals surface area contributed by atoms with Crippen LogP contribution in [0, 0.1) is 11.8 Å². The summed E-state index contributed by atoms with van der Waals surface area (Å²) in [6, 6.07) is 0. The van der Waals surface area contributed by atoms with Gasteiger partial charge in [0, 0.05) is 0 Å². The first-order valence-corrected chi connectivity index (χ1v) is 6.11. The van der Waals surface area contributed by atoms with Crippen molar-refractivity contribution in [3.63, 3.8) is 0 Å². The summed E-state index contributed by atoms with van der Waals surface area (Å²) in [4.78, 5) is 2.46. The van der Waals surface area contributed by atoms with E-state index in [9.17, 15) is 0 Å². The first kappa shape index (κ1) is 12.0. The van der Waals surface area contributed by atoms with E-state index in [4.69, 9.17) is 5.73 Å². The Hall–Kier alpha value is -0.0800. The molecule has 84 valence electrons. The second-order valence-corrected chi connectivity index (χ2v) is 5.02. The zero-order valence-electron chi connectivity index (χ0n) is 9.84. The van der Waals surface area contributed by atoms with E-state index in [1.165, 1.54) is 45.2 Å². The second-order valence-electron chi connectivity index (χ2n) is 5.02. The molecule has 1 aliphatic carbocycles. The van der Waals surface area contributed by atoms with Crippen molar-refractivity contribution in [3.05, 3.63) is 0 Å². The molecule has 1 atom stereocenters. The van der Waals surface area contributed by atoms with Gasteiger partial charge in [-0.3, -0.25) is 0 Å². The second kappa shape index (κ2) is 6.41. The van der Waals surface area contributed by atoms with E-state index in [-0.39, 0.29) is 0 Å². The van der Waals surface area contributed by atoms with Crippen molar-refractivity contribution in [2.75, 3.05) is 26.7 Å². The van der Waals surface area contributed by atoms with Gasteiger partial charge in [0.05, 0.1) is 0 Å². The van der Waals surface area contributed by atoms with E-state index < -0.39 is 0 Å². The van der Waals surface area contributed by atoms with Crippen LogP contribution in [0.15, 0.2) is 0 Å². The van der Waals surface area contributed by atoms with Gasteiger partial charge >= 0.3 is 0 Å². The van der Waals surface area contributed by atoms with Crippen LogP contribution in [-0.2, 0) is 0 Å². The monoisotopic (exact) mass is 198 g/mol. The molecule has 0 spiro atoms. The van der Waals surface area contributed by atoms with Gasteiger partial charge in [-0.2, -0.15) is 0 Å². The lowest BCUT2D eigenvalue weighted by Gasteiger charge is -2.28. The minimum absolute atomic E-state index is 0.682. The molecule has 0 aliphatic heterocycles. The first-order chi connectivity index (χ1) is 6.72. The lowest BCUT2D eigenvalue weighted by molar-refractivity contribution is 0.232. The summed E-state index contributed by atoms with van der Waals surface area (Å²) in [5.74, 6) is 1.73. The van der Waals surface area contributed by atoms with Crippen molar-refractivity contribution in [3.8, 4) is 0 Å². The van der Waals surface area contributed by atoms with E-state index in [1.807, 2.05) is 0 Å². The van der Waals surface area contributed by atoms with Gasteiger partial charge in [-0.05, 0) is 51.4 Å². The van der Waals surface area contributed by atoms with Crippen LogP contribution >= 0.6 is 0 Å². The molecule has 1 aliphatic rings. The van der Waals surface area contributed by atoms with Gasteiger partial charge in [-0.25, -0.2) is 0 Å². The maximum Gasteiger partial charge on any atom is -0.00188 e. The predicted octanol–water partition coefficient (Wildman–Crippen LogP) is 2.09. The Morgan fingerprint density at radius 2 is 2.07 bits per heavy atom. The molecule has 1 rings (SSSR count). The third-order valence-electron chi connectivity index (χ3n) is 3.55. The van der Waals surface area contributed by atoms with E-state index in [2.05, 4.69) is 18.9 Å². The van der Waals surface area contributed by atoms with Crippen molar-refractivity contribution in [1.29, 1.82) is 0 Å². The standard InChI is InChI=1S/C12H26N2/c1-11(10-13)6-8-14(2)9-7-12-4-3-5-12/h11-12H,3-10,13H2,1-2H3. The lowest BCUT2D eigenvalue weighted by atomic mass is 9.83. The van der Waals surface area contributed by atoms with Gasteiger partial charge in [-0.1, -0.05) is 26.2 Å². The normalized spacial score (nSPS) is 19.7. The maximum absolute atomic E-state index is 5.59. The van der Waals surface area contributed by atoms with E-state index in [1.54, 1.807) is 0 Å². The molecule has 0 aromatic heterocycles. The fourth-order valence-electron chi connectivity index (χ4n) is 1.85. The molecule has 0 heterocycles. The highest BCUT2D eigenvalue weighted by atomic mass is 15.1. The van der Waals surface area contributed by atoms with Gasteiger partial charge in [-0.15, -0.1) is 0 Å². The summed E-state index contributed by atoms with van der Waals surface area (Å²) >= 11 is 0. The zero-order chi connectivity index (χ0) is 10.4. The number of rotatable bonds is 7. The molecular formula is C12H26N2. The largest absolute Gasteiger partial charge is 0.330 e. The number of hydrogen-bond donors (Lipinski definition) is 1. The minimum atomic E-state index is 0.682. The molecule has 1 unspecified atom stereocenters. The van der Waals surface area contributed by atoms with Gasteiger partial charge in [0.15, 0.2) is 0 Å². The summed E-state index contributed by atoms with van der Waals surface area (Å²) in [7, 11) is 2.24.